The van der Waals surface area contributed by atoms with Gasteiger partial charge in [-0.2, -0.15) is 0 Å². The van der Waals surface area contributed by atoms with E-state index in [9.17, 15) is 0 Å². The highest BCUT2D eigenvalue weighted by molar-refractivity contribution is 5.02. The highest BCUT2D eigenvalue weighted by Gasteiger charge is 2.30. The Bertz CT molecular complexity index is 313. The van der Waals surface area contributed by atoms with Gasteiger partial charge in [-0.15, -0.1) is 10.2 Å². The zero-order chi connectivity index (χ0) is 9.38. The molecule has 1 aromatic heterocycles. The molecule has 0 spiro atoms. The Morgan fingerprint density at radius 3 is 2.50 bits per heavy atom. The smallest absolute Gasteiger partial charge is 0.220 e. The lowest BCUT2D eigenvalue weighted by Crippen LogP contribution is -2.28. The van der Waals surface area contributed by atoms with Gasteiger partial charge in [-0.05, 0) is 32.2 Å². The van der Waals surface area contributed by atoms with E-state index in [1.807, 2.05) is 0 Å². The monoisotopic (exact) mass is 193 g/mol. The molecule has 4 nitrogen and oxygen atoms in total. The van der Waals surface area contributed by atoms with Crippen LogP contribution in [0.5, 0.6) is 0 Å². The molecule has 1 aliphatic heterocycles. The molecule has 2 fully saturated rings. The fraction of sp³-hybridized carbons (Fsp3) is 0.800. The van der Waals surface area contributed by atoms with Crippen molar-refractivity contribution in [3.8, 4) is 0 Å². The SMILES string of the molecule is C1CNC[C@@H](c2nnc(C3CC3)o2)C1. The van der Waals surface area contributed by atoms with Gasteiger partial charge in [-0.1, -0.05) is 0 Å². The van der Waals surface area contributed by atoms with Crippen molar-refractivity contribution in [1.82, 2.24) is 15.5 Å². The Balaban J connectivity index is 1.74. The Kier molecular flexibility index (Phi) is 2.01. The first kappa shape index (κ1) is 8.41. The number of hydrogen-bond acceptors (Lipinski definition) is 4. The van der Waals surface area contributed by atoms with Crippen LogP contribution in [0.2, 0.25) is 0 Å². The molecule has 2 aliphatic rings. The van der Waals surface area contributed by atoms with E-state index in [0.29, 0.717) is 11.8 Å². The van der Waals surface area contributed by atoms with Crippen molar-refractivity contribution in [3.05, 3.63) is 11.8 Å². The Hall–Kier alpha value is -0.900. The van der Waals surface area contributed by atoms with Gasteiger partial charge in [0.15, 0.2) is 0 Å². The van der Waals surface area contributed by atoms with Crippen molar-refractivity contribution in [3.63, 3.8) is 0 Å². The van der Waals surface area contributed by atoms with Crippen molar-refractivity contribution < 1.29 is 4.42 Å². The quantitative estimate of drug-likeness (QED) is 0.771. The van der Waals surface area contributed by atoms with E-state index in [1.54, 1.807) is 0 Å². The van der Waals surface area contributed by atoms with Crippen LogP contribution < -0.4 is 5.32 Å². The molecule has 14 heavy (non-hydrogen) atoms. The molecule has 1 N–H and O–H groups in total. The summed E-state index contributed by atoms with van der Waals surface area (Å²) in [6.07, 6.45) is 4.85. The Morgan fingerprint density at radius 1 is 1.07 bits per heavy atom. The van der Waals surface area contributed by atoms with Gasteiger partial charge in [0.1, 0.15) is 0 Å². The van der Waals surface area contributed by atoms with Gasteiger partial charge in [0.2, 0.25) is 11.8 Å². The minimum atomic E-state index is 0.448. The second-order valence-electron chi connectivity index (χ2n) is 4.30. The molecule has 1 aromatic rings. The largest absolute Gasteiger partial charge is 0.425 e. The number of aromatic nitrogens is 2. The maximum Gasteiger partial charge on any atom is 0.220 e. The van der Waals surface area contributed by atoms with Crippen LogP contribution in [0.4, 0.5) is 0 Å². The molecule has 0 aromatic carbocycles. The molecule has 76 valence electrons. The fourth-order valence-corrected chi connectivity index (χ4v) is 1.97. The van der Waals surface area contributed by atoms with E-state index in [1.165, 1.54) is 25.7 Å². The number of hydrogen-bond donors (Lipinski definition) is 1. The van der Waals surface area contributed by atoms with Crippen LogP contribution in [0.15, 0.2) is 4.42 Å². The molecule has 4 heteroatoms. The molecule has 3 rings (SSSR count). The summed E-state index contributed by atoms with van der Waals surface area (Å²) >= 11 is 0. The molecule has 0 unspecified atom stereocenters. The van der Waals surface area contributed by atoms with E-state index >= 15 is 0 Å². The Labute approximate surface area is 83.1 Å². The number of piperidine rings is 1. The van der Waals surface area contributed by atoms with Crippen molar-refractivity contribution in [1.29, 1.82) is 0 Å². The van der Waals surface area contributed by atoms with Crippen LogP contribution >= 0.6 is 0 Å². The summed E-state index contributed by atoms with van der Waals surface area (Å²) in [5, 5.41) is 11.6. The maximum atomic E-state index is 5.68. The van der Waals surface area contributed by atoms with Gasteiger partial charge in [0.05, 0.1) is 0 Å². The van der Waals surface area contributed by atoms with Gasteiger partial charge in [-0.25, -0.2) is 0 Å². The van der Waals surface area contributed by atoms with Crippen LogP contribution in [-0.2, 0) is 0 Å². The first-order valence-corrected chi connectivity index (χ1v) is 5.47. The summed E-state index contributed by atoms with van der Waals surface area (Å²) < 4.78 is 5.68. The van der Waals surface area contributed by atoms with Crippen molar-refractivity contribution in [2.24, 2.45) is 0 Å². The average molecular weight is 193 g/mol. The third kappa shape index (κ3) is 1.54. The van der Waals surface area contributed by atoms with Crippen molar-refractivity contribution in [2.45, 2.75) is 37.5 Å². The fourth-order valence-electron chi connectivity index (χ4n) is 1.97. The molecule has 1 saturated heterocycles. The molecule has 0 bridgehead atoms. The number of nitrogens with one attached hydrogen (secondary N) is 1. The normalized spacial score (nSPS) is 27.9. The summed E-state index contributed by atoms with van der Waals surface area (Å²) in [6.45, 7) is 2.12. The lowest BCUT2D eigenvalue weighted by molar-refractivity contribution is 0.363. The lowest BCUT2D eigenvalue weighted by atomic mass is 10.00. The van der Waals surface area contributed by atoms with E-state index < -0.39 is 0 Å². The van der Waals surface area contributed by atoms with Crippen LogP contribution in [0, 0.1) is 0 Å². The van der Waals surface area contributed by atoms with Crippen LogP contribution in [0.25, 0.3) is 0 Å². The minimum absolute atomic E-state index is 0.448. The van der Waals surface area contributed by atoms with E-state index in [2.05, 4.69) is 15.5 Å². The van der Waals surface area contributed by atoms with Crippen molar-refractivity contribution in [2.75, 3.05) is 13.1 Å². The van der Waals surface area contributed by atoms with Gasteiger partial charge < -0.3 is 9.73 Å². The predicted octanol–water partition coefficient (Wildman–Crippen LogP) is 1.41. The van der Waals surface area contributed by atoms with Crippen LogP contribution in [0.3, 0.4) is 0 Å². The second-order valence-corrected chi connectivity index (χ2v) is 4.30. The summed E-state index contributed by atoms with van der Waals surface area (Å²) in [4.78, 5) is 0. The summed E-state index contributed by atoms with van der Waals surface area (Å²) in [6, 6.07) is 0. The highest BCUT2D eigenvalue weighted by Crippen LogP contribution is 2.39. The zero-order valence-corrected chi connectivity index (χ0v) is 8.20. The molecule has 1 aliphatic carbocycles. The molecule has 1 saturated carbocycles. The third-order valence-corrected chi connectivity index (χ3v) is 3.03. The molecule has 0 radical (unpaired) electrons. The van der Waals surface area contributed by atoms with Gasteiger partial charge in [0, 0.05) is 18.4 Å². The summed E-state index contributed by atoms with van der Waals surface area (Å²) in [5.41, 5.74) is 0. The van der Waals surface area contributed by atoms with Crippen LogP contribution in [-0.4, -0.2) is 23.3 Å². The zero-order valence-electron chi connectivity index (χ0n) is 8.20. The van der Waals surface area contributed by atoms with Crippen molar-refractivity contribution >= 4 is 0 Å². The molecule has 1 atom stereocenters. The third-order valence-electron chi connectivity index (χ3n) is 3.03. The summed E-state index contributed by atoms with van der Waals surface area (Å²) in [5.74, 6) is 2.74. The molecular weight excluding hydrogens is 178 g/mol. The summed E-state index contributed by atoms with van der Waals surface area (Å²) in [7, 11) is 0. The van der Waals surface area contributed by atoms with Gasteiger partial charge in [-0.3, -0.25) is 0 Å². The standard InChI is InChI=1S/C10H15N3O/c1-2-8(6-11-5-1)10-13-12-9(14-10)7-3-4-7/h7-8,11H,1-6H2/t8-/m0/s1. The topological polar surface area (TPSA) is 51.0 Å². The lowest BCUT2D eigenvalue weighted by Gasteiger charge is -2.18. The van der Waals surface area contributed by atoms with E-state index in [4.69, 9.17) is 4.42 Å². The highest BCUT2D eigenvalue weighted by atomic mass is 16.4. The first-order chi connectivity index (χ1) is 6.93. The molecule has 0 amide bonds. The van der Waals surface area contributed by atoms with Gasteiger partial charge >= 0.3 is 0 Å². The van der Waals surface area contributed by atoms with Crippen LogP contribution in [0.1, 0.15) is 49.3 Å². The van der Waals surface area contributed by atoms with Gasteiger partial charge in [0.25, 0.3) is 0 Å². The van der Waals surface area contributed by atoms with E-state index in [-0.39, 0.29) is 0 Å². The molecule has 2 heterocycles. The average Bonchev–Trinajstić information content (AvgIpc) is 2.98. The second kappa shape index (κ2) is 3.35. The predicted molar refractivity (Wildman–Crippen MR) is 51.1 cm³/mol. The number of nitrogens with zero attached hydrogens (tertiary/aromatic N) is 2. The molecular formula is C10H15N3O. The Morgan fingerprint density at radius 2 is 1.86 bits per heavy atom. The van der Waals surface area contributed by atoms with E-state index in [0.717, 1.165) is 24.9 Å². The first-order valence-electron chi connectivity index (χ1n) is 5.47. The number of rotatable bonds is 2. The maximum absolute atomic E-state index is 5.68. The minimum Gasteiger partial charge on any atom is -0.425 e.